The largest absolute Gasteiger partial charge is 0.339 e. The molecule has 0 spiro atoms. The zero-order chi connectivity index (χ0) is 22.8. The van der Waals surface area contributed by atoms with Crippen molar-refractivity contribution in [1.29, 1.82) is 0 Å². The lowest BCUT2D eigenvalue weighted by Gasteiger charge is -2.15. The van der Waals surface area contributed by atoms with Crippen molar-refractivity contribution in [2.24, 2.45) is 0 Å². The normalized spacial score (nSPS) is 12.3. The molecule has 3 aromatic carbocycles. The van der Waals surface area contributed by atoms with Crippen molar-refractivity contribution in [1.82, 2.24) is 9.97 Å². The van der Waals surface area contributed by atoms with Gasteiger partial charge in [0.1, 0.15) is 5.02 Å². The van der Waals surface area contributed by atoms with Crippen LogP contribution >= 0.6 is 23.2 Å². The van der Waals surface area contributed by atoms with Crippen LogP contribution in [0.25, 0.3) is 0 Å². The Hall–Kier alpha value is -3.61. The second-order valence-corrected chi connectivity index (χ2v) is 8.52. The van der Waals surface area contributed by atoms with Gasteiger partial charge in [0, 0.05) is 27.6 Å². The highest BCUT2D eigenvalue weighted by molar-refractivity contribution is 6.33. The minimum Gasteiger partial charge on any atom is -0.339 e. The fourth-order valence-corrected chi connectivity index (χ4v) is 3.92. The molecule has 0 fully saturated rings. The molecular formula is C25H19Cl2N5O. The molecule has 6 nitrogen and oxygen atoms in total. The molecule has 3 N–H and O–H groups in total. The number of aryl methyl sites for hydroxylation is 2. The van der Waals surface area contributed by atoms with Crippen LogP contribution in [0.5, 0.6) is 0 Å². The zero-order valence-corrected chi connectivity index (χ0v) is 18.9. The molecule has 1 aromatic heterocycles. The monoisotopic (exact) mass is 475 g/mol. The van der Waals surface area contributed by atoms with Gasteiger partial charge in [-0.05, 0) is 78.6 Å². The second kappa shape index (κ2) is 9.10. The first-order valence-corrected chi connectivity index (χ1v) is 11.1. The summed E-state index contributed by atoms with van der Waals surface area (Å²) in [6.07, 6.45) is 3.08. The number of aromatic nitrogens is 2. The van der Waals surface area contributed by atoms with Gasteiger partial charge in [-0.25, -0.2) is 4.98 Å². The zero-order valence-electron chi connectivity index (χ0n) is 17.4. The van der Waals surface area contributed by atoms with E-state index in [1.54, 1.807) is 30.5 Å². The molecule has 33 heavy (non-hydrogen) atoms. The number of nitrogens with zero attached hydrogens (tertiary/aromatic N) is 2. The number of amides is 1. The summed E-state index contributed by atoms with van der Waals surface area (Å²) >= 11 is 12.3. The van der Waals surface area contributed by atoms with Gasteiger partial charge in [-0.3, -0.25) is 4.79 Å². The van der Waals surface area contributed by atoms with Crippen molar-refractivity contribution in [2.45, 2.75) is 12.8 Å². The maximum Gasteiger partial charge on any atom is 0.255 e. The van der Waals surface area contributed by atoms with Gasteiger partial charge < -0.3 is 16.0 Å². The van der Waals surface area contributed by atoms with Gasteiger partial charge in [-0.1, -0.05) is 35.3 Å². The third kappa shape index (κ3) is 4.92. The van der Waals surface area contributed by atoms with Crippen LogP contribution in [-0.4, -0.2) is 15.9 Å². The van der Waals surface area contributed by atoms with E-state index in [0.29, 0.717) is 27.4 Å². The molecular weight excluding hydrogens is 457 g/mol. The van der Waals surface area contributed by atoms with Crippen LogP contribution in [0, 0.1) is 0 Å². The summed E-state index contributed by atoms with van der Waals surface area (Å²) in [5.41, 5.74) is 5.14. The molecule has 5 rings (SSSR count). The van der Waals surface area contributed by atoms with Crippen molar-refractivity contribution < 1.29 is 4.79 Å². The molecule has 6 bridgehead atoms. The number of rotatable bonds is 2. The fourth-order valence-electron chi connectivity index (χ4n) is 3.66. The Morgan fingerprint density at radius 2 is 1.73 bits per heavy atom. The Morgan fingerprint density at radius 3 is 2.58 bits per heavy atom. The minimum absolute atomic E-state index is 0.193. The summed E-state index contributed by atoms with van der Waals surface area (Å²) in [5.74, 6) is 0.750. The van der Waals surface area contributed by atoms with Crippen molar-refractivity contribution in [3.05, 3.63) is 99.7 Å². The highest BCUT2D eigenvalue weighted by Crippen LogP contribution is 2.29. The van der Waals surface area contributed by atoms with E-state index in [0.717, 1.165) is 41.0 Å². The third-order valence-electron chi connectivity index (χ3n) is 5.33. The molecule has 2 heterocycles. The number of anilines is 5. The average molecular weight is 476 g/mol. The van der Waals surface area contributed by atoms with E-state index in [1.807, 2.05) is 30.3 Å². The number of carbonyl (C=O) groups excluding carboxylic acids is 1. The summed E-state index contributed by atoms with van der Waals surface area (Å²) < 4.78 is 0. The first-order valence-electron chi connectivity index (χ1n) is 10.4. The number of halogens is 2. The topological polar surface area (TPSA) is 78.9 Å². The van der Waals surface area contributed by atoms with E-state index in [2.05, 4.69) is 38.1 Å². The lowest BCUT2D eigenvalue weighted by atomic mass is 10.0. The molecule has 1 aliphatic rings. The molecule has 0 aliphatic carbocycles. The van der Waals surface area contributed by atoms with Gasteiger partial charge >= 0.3 is 0 Å². The van der Waals surface area contributed by atoms with E-state index >= 15 is 0 Å². The summed E-state index contributed by atoms with van der Waals surface area (Å²) in [6, 6.07) is 20.7. The fraction of sp³-hybridized carbons (Fsp3) is 0.0800. The maximum atomic E-state index is 12.8. The van der Waals surface area contributed by atoms with Gasteiger partial charge in [0.25, 0.3) is 5.91 Å². The Bertz CT molecular complexity index is 1340. The molecule has 1 amide bonds. The quantitative estimate of drug-likeness (QED) is 0.303. The van der Waals surface area contributed by atoms with Crippen molar-refractivity contribution in [3.8, 4) is 0 Å². The summed E-state index contributed by atoms with van der Waals surface area (Å²) in [4.78, 5) is 21.6. The van der Waals surface area contributed by atoms with Crippen LogP contribution in [0.3, 0.4) is 0 Å². The van der Waals surface area contributed by atoms with E-state index < -0.39 is 0 Å². The Kier molecular flexibility index (Phi) is 5.86. The molecule has 0 radical (unpaired) electrons. The predicted octanol–water partition coefficient (Wildman–Crippen LogP) is 6.62. The van der Waals surface area contributed by atoms with E-state index in [9.17, 15) is 4.79 Å². The highest BCUT2D eigenvalue weighted by atomic mass is 35.5. The van der Waals surface area contributed by atoms with Gasteiger partial charge in [0.15, 0.2) is 5.82 Å². The summed E-state index contributed by atoms with van der Waals surface area (Å²) in [7, 11) is 0. The maximum absolute atomic E-state index is 12.8. The number of nitrogens with one attached hydrogen (secondary N) is 3. The molecule has 0 unspecified atom stereocenters. The van der Waals surface area contributed by atoms with Crippen LogP contribution in [-0.2, 0) is 12.8 Å². The smallest absolute Gasteiger partial charge is 0.255 e. The van der Waals surface area contributed by atoms with Crippen LogP contribution in [0.4, 0.5) is 28.8 Å². The van der Waals surface area contributed by atoms with Gasteiger partial charge in [-0.2, -0.15) is 4.98 Å². The van der Waals surface area contributed by atoms with E-state index in [-0.39, 0.29) is 5.91 Å². The van der Waals surface area contributed by atoms with Crippen LogP contribution in [0.2, 0.25) is 10.0 Å². The Morgan fingerprint density at radius 1 is 0.909 bits per heavy atom. The van der Waals surface area contributed by atoms with Crippen LogP contribution in [0.15, 0.2) is 72.9 Å². The Balaban J connectivity index is 1.51. The highest BCUT2D eigenvalue weighted by Gasteiger charge is 2.13. The van der Waals surface area contributed by atoms with Gasteiger partial charge in [0.05, 0.1) is 6.20 Å². The van der Waals surface area contributed by atoms with Crippen LogP contribution < -0.4 is 16.0 Å². The van der Waals surface area contributed by atoms with Gasteiger partial charge in [-0.15, -0.1) is 0 Å². The molecule has 164 valence electrons. The van der Waals surface area contributed by atoms with Crippen molar-refractivity contribution in [2.75, 3.05) is 16.0 Å². The molecule has 1 aliphatic heterocycles. The van der Waals surface area contributed by atoms with Crippen molar-refractivity contribution >= 4 is 57.9 Å². The van der Waals surface area contributed by atoms with Gasteiger partial charge in [0.2, 0.25) is 5.95 Å². The molecule has 0 saturated carbocycles. The average Bonchev–Trinajstić information content (AvgIpc) is 2.82. The first kappa shape index (κ1) is 21.2. The molecule has 0 saturated heterocycles. The lowest BCUT2D eigenvalue weighted by Crippen LogP contribution is -2.13. The first-order chi connectivity index (χ1) is 16.0. The predicted molar refractivity (Wildman–Crippen MR) is 133 cm³/mol. The number of carbonyl (C=O) groups is 1. The number of fused-ring (bicyclic) bond motifs is 6. The number of hydrogen-bond donors (Lipinski definition) is 3. The standard InChI is InChI=1S/C25H19Cl2N5O/c26-18-8-6-16(7-9-18)24(33)31-22-11-10-20-13-17(22)5-4-15-2-1-3-19(12-15)30-25-28-14-21(27)23(29-20)32-25/h1-3,6-14H,4-5H2,(H,31,33)(H2,28,29,30,32). The number of benzene rings is 3. The van der Waals surface area contributed by atoms with E-state index in [4.69, 9.17) is 23.2 Å². The second-order valence-electron chi connectivity index (χ2n) is 7.67. The van der Waals surface area contributed by atoms with Crippen LogP contribution in [0.1, 0.15) is 21.5 Å². The Labute approximate surface area is 201 Å². The lowest BCUT2D eigenvalue weighted by molar-refractivity contribution is 0.102. The molecule has 4 aromatic rings. The third-order valence-corrected chi connectivity index (χ3v) is 5.86. The molecule has 0 atom stereocenters. The summed E-state index contributed by atoms with van der Waals surface area (Å²) in [5, 5.41) is 10.5. The SMILES string of the molecule is O=C(Nc1ccc2cc1CCc1cccc(c1)Nc1ncc(Cl)c(n1)N2)c1ccc(Cl)cc1. The van der Waals surface area contributed by atoms with Crippen molar-refractivity contribution in [3.63, 3.8) is 0 Å². The summed E-state index contributed by atoms with van der Waals surface area (Å²) in [6.45, 7) is 0. The molecule has 8 heteroatoms. The van der Waals surface area contributed by atoms with E-state index in [1.165, 1.54) is 0 Å². The number of hydrogen-bond acceptors (Lipinski definition) is 5. The minimum atomic E-state index is -0.193.